The first-order chi connectivity index (χ1) is 9.97. The highest BCUT2D eigenvalue weighted by atomic mass is 16.5. The summed E-state index contributed by atoms with van der Waals surface area (Å²) in [5.74, 6) is -0.341. The molecule has 0 radical (unpaired) electrons. The molecule has 1 unspecified atom stereocenters. The van der Waals surface area contributed by atoms with Gasteiger partial charge in [-0.1, -0.05) is 6.07 Å². The average molecular weight is 291 g/mol. The van der Waals surface area contributed by atoms with Crippen LogP contribution in [0.2, 0.25) is 0 Å². The fraction of sp³-hybridized carbons (Fsp3) is 0.500. The molecule has 1 heterocycles. The van der Waals surface area contributed by atoms with E-state index in [0.29, 0.717) is 12.3 Å². The topological polar surface area (TPSA) is 66.8 Å². The highest BCUT2D eigenvalue weighted by molar-refractivity contribution is 5.79. The summed E-state index contributed by atoms with van der Waals surface area (Å²) in [7, 11) is 0. The van der Waals surface area contributed by atoms with Gasteiger partial charge in [0.2, 0.25) is 0 Å². The lowest BCUT2D eigenvalue weighted by Gasteiger charge is -2.23. The van der Waals surface area contributed by atoms with E-state index in [4.69, 9.17) is 9.84 Å². The van der Waals surface area contributed by atoms with Crippen LogP contribution in [0.4, 0.5) is 0 Å². The SMILES string of the molecule is Cc1ccc(OCC(=O)N2CCCC2CC(=O)O)cc1C. The van der Waals surface area contributed by atoms with E-state index in [0.717, 1.165) is 18.4 Å². The van der Waals surface area contributed by atoms with Crippen molar-refractivity contribution in [1.82, 2.24) is 4.90 Å². The number of aliphatic carboxylic acids is 1. The van der Waals surface area contributed by atoms with Gasteiger partial charge in [0.1, 0.15) is 5.75 Å². The number of ether oxygens (including phenoxy) is 1. The van der Waals surface area contributed by atoms with E-state index in [-0.39, 0.29) is 25.0 Å². The van der Waals surface area contributed by atoms with Crippen molar-refractivity contribution in [1.29, 1.82) is 0 Å². The number of carboxylic acid groups (broad SMARTS) is 1. The lowest BCUT2D eigenvalue weighted by atomic mass is 10.1. The molecule has 1 aromatic carbocycles. The molecule has 2 rings (SSSR count). The van der Waals surface area contributed by atoms with Crippen molar-refractivity contribution in [2.75, 3.05) is 13.2 Å². The van der Waals surface area contributed by atoms with E-state index in [1.54, 1.807) is 4.90 Å². The van der Waals surface area contributed by atoms with E-state index in [1.807, 2.05) is 32.0 Å². The third-order valence-corrected chi connectivity index (χ3v) is 3.95. The third-order valence-electron chi connectivity index (χ3n) is 3.95. The Morgan fingerprint density at radius 2 is 2.10 bits per heavy atom. The minimum atomic E-state index is -0.866. The summed E-state index contributed by atoms with van der Waals surface area (Å²) in [6.45, 7) is 4.59. The number of hydrogen-bond donors (Lipinski definition) is 1. The molecule has 1 N–H and O–H groups in total. The van der Waals surface area contributed by atoms with Crippen molar-refractivity contribution in [2.45, 2.75) is 39.2 Å². The highest BCUT2D eigenvalue weighted by Crippen LogP contribution is 2.21. The first-order valence-electron chi connectivity index (χ1n) is 7.18. The van der Waals surface area contributed by atoms with Crippen LogP contribution in [0.15, 0.2) is 18.2 Å². The number of aryl methyl sites for hydroxylation is 2. The van der Waals surface area contributed by atoms with Crippen LogP contribution >= 0.6 is 0 Å². The van der Waals surface area contributed by atoms with Crippen LogP contribution in [0.1, 0.15) is 30.4 Å². The fourth-order valence-electron chi connectivity index (χ4n) is 2.61. The summed E-state index contributed by atoms with van der Waals surface area (Å²) in [5, 5.41) is 8.87. The zero-order valence-electron chi connectivity index (χ0n) is 12.5. The van der Waals surface area contributed by atoms with Gasteiger partial charge in [0.25, 0.3) is 5.91 Å². The molecular formula is C16H21NO4. The maximum absolute atomic E-state index is 12.2. The van der Waals surface area contributed by atoms with Gasteiger partial charge in [-0.05, 0) is 49.9 Å². The molecule has 5 nitrogen and oxygen atoms in total. The number of carbonyl (C=O) groups excluding carboxylic acids is 1. The van der Waals surface area contributed by atoms with Gasteiger partial charge in [-0.2, -0.15) is 0 Å². The number of carbonyl (C=O) groups is 2. The van der Waals surface area contributed by atoms with Crippen LogP contribution in [-0.4, -0.2) is 41.1 Å². The Morgan fingerprint density at radius 3 is 2.76 bits per heavy atom. The number of rotatable bonds is 5. The largest absolute Gasteiger partial charge is 0.484 e. The molecule has 5 heteroatoms. The number of benzene rings is 1. The predicted molar refractivity (Wildman–Crippen MR) is 78.4 cm³/mol. The normalized spacial score (nSPS) is 17.8. The van der Waals surface area contributed by atoms with E-state index >= 15 is 0 Å². The van der Waals surface area contributed by atoms with Gasteiger partial charge in [0, 0.05) is 12.6 Å². The Balaban J connectivity index is 1.91. The van der Waals surface area contributed by atoms with Crippen LogP contribution in [-0.2, 0) is 9.59 Å². The molecule has 1 aromatic rings. The fourth-order valence-corrected chi connectivity index (χ4v) is 2.61. The molecule has 1 fully saturated rings. The predicted octanol–water partition coefficient (Wildman–Crippen LogP) is 2.15. The lowest BCUT2D eigenvalue weighted by molar-refractivity contribution is -0.140. The monoisotopic (exact) mass is 291 g/mol. The first kappa shape index (κ1) is 15.4. The highest BCUT2D eigenvalue weighted by Gasteiger charge is 2.30. The number of amides is 1. The molecule has 0 spiro atoms. The Hall–Kier alpha value is -2.04. The molecule has 0 aromatic heterocycles. The molecule has 1 atom stereocenters. The van der Waals surface area contributed by atoms with Crippen LogP contribution in [0, 0.1) is 13.8 Å². The summed E-state index contributed by atoms with van der Waals surface area (Å²) in [5.41, 5.74) is 2.29. The van der Waals surface area contributed by atoms with Gasteiger partial charge in [-0.3, -0.25) is 9.59 Å². The van der Waals surface area contributed by atoms with Gasteiger partial charge in [-0.25, -0.2) is 0 Å². The summed E-state index contributed by atoms with van der Waals surface area (Å²) in [4.78, 5) is 24.6. The van der Waals surface area contributed by atoms with E-state index in [2.05, 4.69) is 0 Å². The number of likely N-dealkylation sites (tertiary alicyclic amines) is 1. The maximum Gasteiger partial charge on any atom is 0.305 e. The molecule has 0 aliphatic carbocycles. The van der Waals surface area contributed by atoms with E-state index in [9.17, 15) is 9.59 Å². The second-order valence-corrected chi connectivity index (χ2v) is 5.52. The zero-order valence-corrected chi connectivity index (χ0v) is 12.5. The van der Waals surface area contributed by atoms with Crippen molar-refractivity contribution in [3.05, 3.63) is 29.3 Å². The quantitative estimate of drug-likeness (QED) is 0.902. The van der Waals surface area contributed by atoms with Crippen LogP contribution in [0.5, 0.6) is 5.75 Å². The van der Waals surface area contributed by atoms with Crippen LogP contribution in [0.25, 0.3) is 0 Å². The number of hydrogen-bond acceptors (Lipinski definition) is 3. The van der Waals surface area contributed by atoms with Gasteiger partial charge < -0.3 is 14.7 Å². The Kier molecular flexibility index (Phi) is 4.83. The third kappa shape index (κ3) is 3.97. The van der Waals surface area contributed by atoms with E-state index < -0.39 is 5.97 Å². The Labute approximate surface area is 124 Å². The van der Waals surface area contributed by atoms with Gasteiger partial charge >= 0.3 is 5.97 Å². The Morgan fingerprint density at radius 1 is 1.33 bits per heavy atom. The lowest BCUT2D eigenvalue weighted by Crippen LogP contribution is -2.39. The smallest absolute Gasteiger partial charge is 0.305 e. The van der Waals surface area contributed by atoms with Crippen molar-refractivity contribution in [2.24, 2.45) is 0 Å². The van der Waals surface area contributed by atoms with Crippen LogP contribution in [0.3, 0.4) is 0 Å². The van der Waals surface area contributed by atoms with Gasteiger partial charge in [0.05, 0.1) is 6.42 Å². The van der Waals surface area contributed by atoms with Crippen LogP contribution < -0.4 is 4.74 Å². The first-order valence-corrected chi connectivity index (χ1v) is 7.18. The van der Waals surface area contributed by atoms with E-state index in [1.165, 1.54) is 5.56 Å². The summed E-state index contributed by atoms with van der Waals surface area (Å²) in [6.07, 6.45) is 1.62. The molecule has 0 bridgehead atoms. The van der Waals surface area contributed by atoms with Crippen molar-refractivity contribution in [3.8, 4) is 5.75 Å². The second kappa shape index (κ2) is 6.61. The maximum atomic E-state index is 12.2. The minimum Gasteiger partial charge on any atom is -0.484 e. The van der Waals surface area contributed by atoms with Gasteiger partial charge in [0.15, 0.2) is 6.61 Å². The molecular weight excluding hydrogens is 270 g/mol. The summed E-state index contributed by atoms with van der Waals surface area (Å²) < 4.78 is 5.53. The van der Waals surface area contributed by atoms with Crippen molar-refractivity contribution < 1.29 is 19.4 Å². The second-order valence-electron chi connectivity index (χ2n) is 5.52. The van der Waals surface area contributed by atoms with Crippen molar-refractivity contribution in [3.63, 3.8) is 0 Å². The minimum absolute atomic E-state index is 0.00931. The number of nitrogens with zero attached hydrogens (tertiary/aromatic N) is 1. The average Bonchev–Trinajstić information content (AvgIpc) is 2.87. The molecule has 1 amide bonds. The van der Waals surface area contributed by atoms with Gasteiger partial charge in [-0.15, -0.1) is 0 Å². The molecule has 114 valence electrons. The summed E-state index contributed by atoms with van der Waals surface area (Å²) in [6, 6.07) is 5.51. The number of carboxylic acids is 1. The summed E-state index contributed by atoms with van der Waals surface area (Å²) >= 11 is 0. The molecule has 1 aliphatic rings. The van der Waals surface area contributed by atoms with Crippen molar-refractivity contribution >= 4 is 11.9 Å². The molecule has 0 saturated carbocycles. The molecule has 1 saturated heterocycles. The molecule has 1 aliphatic heterocycles. The standard InChI is InChI=1S/C16H21NO4/c1-11-5-6-14(8-12(11)2)21-10-15(18)17-7-3-4-13(17)9-16(19)20/h5-6,8,13H,3-4,7,9-10H2,1-2H3,(H,19,20). The zero-order chi connectivity index (χ0) is 15.4. The molecule has 21 heavy (non-hydrogen) atoms. The Bertz CT molecular complexity index is 541.